The highest BCUT2D eigenvalue weighted by Crippen LogP contribution is 2.22. The Kier molecular flexibility index (Phi) is 5.41. The number of nitrogens with one attached hydrogen (secondary N) is 1. The van der Waals surface area contributed by atoms with Gasteiger partial charge in [0.25, 0.3) is 0 Å². The van der Waals surface area contributed by atoms with Gasteiger partial charge in [0, 0.05) is 30.7 Å². The van der Waals surface area contributed by atoms with Crippen LogP contribution in [0.2, 0.25) is 0 Å². The summed E-state index contributed by atoms with van der Waals surface area (Å²) in [6, 6.07) is 11.9. The topological polar surface area (TPSA) is 61.2 Å². The largest absolute Gasteiger partial charge is 0.384 e. The number of hydrogen-bond donors (Lipinski definition) is 1. The molecular formula is C18H22N4O. The molecule has 120 valence electrons. The van der Waals surface area contributed by atoms with Gasteiger partial charge in [0.1, 0.15) is 11.8 Å². The smallest absolute Gasteiger partial charge is 0.143 e. The maximum Gasteiger partial charge on any atom is 0.143 e. The van der Waals surface area contributed by atoms with Crippen molar-refractivity contribution in [2.75, 3.05) is 44.7 Å². The lowest BCUT2D eigenvalue weighted by Gasteiger charge is -2.26. The second-order valence-corrected chi connectivity index (χ2v) is 5.77. The number of morpholine rings is 1. The molecule has 0 atom stereocenters. The fourth-order valence-corrected chi connectivity index (χ4v) is 2.89. The lowest BCUT2D eigenvalue weighted by atomic mass is 10.1. The van der Waals surface area contributed by atoms with Gasteiger partial charge in [-0.05, 0) is 31.5 Å². The van der Waals surface area contributed by atoms with Crippen LogP contribution in [0.1, 0.15) is 18.5 Å². The third kappa shape index (κ3) is 4.19. The third-order valence-corrected chi connectivity index (χ3v) is 4.15. The fourth-order valence-electron chi connectivity index (χ4n) is 2.89. The molecule has 23 heavy (non-hydrogen) atoms. The van der Waals surface area contributed by atoms with Gasteiger partial charge in [-0.15, -0.1) is 0 Å². The zero-order valence-electron chi connectivity index (χ0n) is 13.3. The molecule has 0 spiro atoms. The number of benzene rings is 1. The molecule has 0 aliphatic carbocycles. The average Bonchev–Trinajstić information content (AvgIpc) is 2.62. The van der Waals surface area contributed by atoms with Gasteiger partial charge in [-0.3, -0.25) is 4.90 Å². The molecule has 1 aromatic carbocycles. The highest BCUT2D eigenvalue weighted by Gasteiger charge is 2.09. The van der Waals surface area contributed by atoms with E-state index in [0.29, 0.717) is 5.69 Å². The van der Waals surface area contributed by atoms with E-state index in [-0.39, 0.29) is 0 Å². The van der Waals surface area contributed by atoms with Crippen LogP contribution in [-0.2, 0) is 4.74 Å². The number of pyridine rings is 1. The second-order valence-electron chi connectivity index (χ2n) is 5.77. The number of fused-ring (bicyclic) bond motifs is 1. The lowest BCUT2D eigenvalue weighted by Crippen LogP contribution is -2.36. The molecule has 0 saturated carbocycles. The maximum absolute atomic E-state index is 9.12. The molecule has 0 amide bonds. The van der Waals surface area contributed by atoms with Crippen molar-refractivity contribution < 1.29 is 4.74 Å². The average molecular weight is 310 g/mol. The Morgan fingerprint density at radius 3 is 2.87 bits per heavy atom. The van der Waals surface area contributed by atoms with Crippen LogP contribution in [0.4, 0.5) is 5.69 Å². The highest BCUT2D eigenvalue weighted by molar-refractivity contribution is 5.91. The number of nitrogens with zero attached hydrogens (tertiary/aromatic N) is 3. The van der Waals surface area contributed by atoms with Crippen molar-refractivity contribution in [2.45, 2.75) is 12.8 Å². The highest BCUT2D eigenvalue weighted by atomic mass is 16.5. The summed E-state index contributed by atoms with van der Waals surface area (Å²) in [5, 5.41) is 13.7. The van der Waals surface area contributed by atoms with Gasteiger partial charge in [-0.1, -0.05) is 18.2 Å². The van der Waals surface area contributed by atoms with Crippen molar-refractivity contribution in [3.8, 4) is 6.07 Å². The van der Waals surface area contributed by atoms with Crippen LogP contribution in [0.25, 0.3) is 10.9 Å². The van der Waals surface area contributed by atoms with Crippen LogP contribution in [0.5, 0.6) is 0 Å². The molecule has 1 N–H and O–H groups in total. The molecule has 0 radical (unpaired) electrons. The molecule has 1 saturated heterocycles. The fraction of sp³-hybridized carbons (Fsp3) is 0.444. The quantitative estimate of drug-likeness (QED) is 0.831. The van der Waals surface area contributed by atoms with E-state index < -0.39 is 0 Å². The molecule has 5 nitrogen and oxygen atoms in total. The van der Waals surface area contributed by atoms with Crippen molar-refractivity contribution in [3.05, 3.63) is 36.0 Å². The monoisotopic (exact) mass is 310 g/mol. The predicted octanol–water partition coefficient (Wildman–Crippen LogP) is 2.63. The molecule has 1 aliphatic heterocycles. The van der Waals surface area contributed by atoms with Crippen LogP contribution in [0, 0.1) is 11.3 Å². The summed E-state index contributed by atoms with van der Waals surface area (Å²) in [5.41, 5.74) is 2.32. The van der Waals surface area contributed by atoms with Crippen molar-refractivity contribution in [3.63, 3.8) is 0 Å². The van der Waals surface area contributed by atoms with Gasteiger partial charge in [-0.2, -0.15) is 5.26 Å². The first kappa shape index (κ1) is 15.7. The van der Waals surface area contributed by atoms with E-state index in [9.17, 15) is 0 Å². The van der Waals surface area contributed by atoms with E-state index >= 15 is 0 Å². The van der Waals surface area contributed by atoms with E-state index in [4.69, 9.17) is 10.00 Å². The van der Waals surface area contributed by atoms with Crippen LogP contribution < -0.4 is 5.32 Å². The van der Waals surface area contributed by atoms with E-state index in [0.717, 1.165) is 62.4 Å². The number of unbranched alkanes of at least 4 members (excludes halogenated alkanes) is 1. The summed E-state index contributed by atoms with van der Waals surface area (Å²) in [7, 11) is 0. The van der Waals surface area contributed by atoms with Gasteiger partial charge in [0.2, 0.25) is 0 Å². The van der Waals surface area contributed by atoms with Crippen molar-refractivity contribution in [2.24, 2.45) is 0 Å². The molecule has 2 aromatic rings. The van der Waals surface area contributed by atoms with Crippen LogP contribution in [0.3, 0.4) is 0 Å². The number of ether oxygens (including phenoxy) is 1. The third-order valence-electron chi connectivity index (χ3n) is 4.15. The summed E-state index contributed by atoms with van der Waals surface area (Å²) in [6.07, 6.45) is 2.27. The summed E-state index contributed by atoms with van der Waals surface area (Å²) in [4.78, 5) is 6.80. The zero-order valence-corrected chi connectivity index (χ0v) is 13.3. The lowest BCUT2D eigenvalue weighted by molar-refractivity contribution is 0.0373. The number of aromatic nitrogens is 1. The minimum absolute atomic E-state index is 0.458. The van der Waals surface area contributed by atoms with E-state index in [1.807, 2.05) is 30.3 Å². The Balaban J connectivity index is 1.53. The number of anilines is 1. The molecule has 1 aromatic heterocycles. The van der Waals surface area contributed by atoms with Gasteiger partial charge >= 0.3 is 0 Å². The first-order chi connectivity index (χ1) is 11.4. The standard InChI is InChI=1S/C18H22N4O/c19-14-15-13-18(16-5-1-2-6-17(16)21-15)20-7-3-4-8-22-9-11-23-12-10-22/h1-2,5-6,13H,3-4,7-12H2,(H,20,21). The first-order valence-corrected chi connectivity index (χ1v) is 8.21. The van der Waals surface area contributed by atoms with Gasteiger partial charge < -0.3 is 10.1 Å². The SMILES string of the molecule is N#Cc1cc(NCCCCN2CCOCC2)c2ccccc2n1. The summed E-state index contributed by atoms with van der Waals surface area (Å²) < 4.78 is 5.36. The number of hydrogen-bond acceptors (Lipinski definition) is 5. The summed E-state index contributed by atoms with van der Waals surface area (Å²) in [5.74, 6) is 0. The summed E-state index contributed by atoms with van der Waals surface area (Å²) in [6.45, 7) is 5.85. The molecular weight excluding hydrogens is 288 g/mol. The Morgan fingerprint density at radius 1 is 1.22 bits per heavy atom. The van der Waals surface area contributed by atoms with Gasteiger partial charge in [0.15, 0.2) is 0 Å². The minimum atomic E-state index is 0.458. The summed E-state index contributed by atoms with van der Waals surface area (Å²) >= 11 is 0. The van der Waals surface area contributed by atoms with Crippen molar-refractivity contribution in [1.29, 1.82) is 5.26 Å². The van der Waals surface area contributed by atoms with Crippen LogP contribution >= 0.6 is 0 Å². The Bertz CT molecular complexity index is 689. The van der Waals surface area contributed by atoms with Crippen molar-refractivity contribution >= 4 is 16.6 Å². The number of nitriles is 1. The Hall–Kier alpha value is -2.16. The predicted molar refractivity (Wildman–Crippen MR) is 91.4 cm³/mol. The van der Waals surface area contributed by atoms with Crippen LogP contribution in [0.15, 0.2) is 30.3 Å². The second kappa shape index (κ2) is 7.91. The van der Waals surface area contributed by atoms with E-state index in [2.05, 4.69) is 21.3 Å². The van der Waals surface area contributed by atoms with E-state index in [1.54, 1.807) is 0 Å². The maximum atomic E-state index is 9.12. The number of rotatable bonds is 6. The van der Waals surface area contributed by atoms with Gasteiger partial charge in [-0.25, -0.2) is 4.98 Å². The molecule has 3 rings (SSSR count). The molecule has 5 heteroatoms. The Morgan fingerprint density at radius 2 is 2.04 bits per heavy atom. The zero-order chi connectivity index (χ0) is 15.9. The number of para-hydroxylation sites is 1. The molecule has 1 fully saturated rings. The first-order valence-electron chi connectivity index (χ1n) is 8.21. The molecule has 1 aliphatic rings. The van der Waals surface area contributed by atoms with Crippen LogP contribution in [-0.4, -0.2) is 49.3 Å². The molecule has 2 heterocycles. The molecule has 0 unspecified atom stereocenters. The normalized spacial score (nSPS) is 15.4. The molecule has 0 bridgehead atoms. The Labute approximate surface area is 136 Å². The minimum Gasteiger partial charge on any atom is -0.384 e. The van der Waals surface area contributed by atoms with E-state index in [1.165, 1.54) is 6.42 Å². The van der Waals surface area contributed by atoms with Crippen molar-refractivity contribution in [1.82, 2.24) is 9.88 Å². The van der Waals surface area contributed by atoms with Gasteiger partial charge in [0.05, 0.1) is 18.7 Å².